The summed E-state index contributed by atoms with van der Waals surface area (Å²) >= 11 is 1.49. The zero-order chi connectivity index (χ0) is 21.4. The van der Waals surface area contributed by atoms with Gasteiger partial charge in [0.1, 0.15) is 16.5 Å². The fourth-order valence-electron chi connectivity index (χ4n) is 3.71. The molecule has 5 rings (SSSR count). The van der Waals surface area contributed by atoms with Gasteiger partial charge in [0.05, 0.1) is 23.3 Å². The Balaban J connectivity index is 1.33. The van der Waals surface area contributed by atoms with Gasteiger partial charge < -0.3 is 10.2 Å². The van der Waals surface area contributed by atoms with E-state index in [9.17, 15) is 4.79 Å². The van der Waals surface area contributed by atoms with E-state index in [1.54, 1.807) is 18.5 Å². The lowest BCUT2D eigenvalue weighted by Crippen LogP contribution is -2.31. The van der Waals surface area contributed by atoms with Crippen LogP contribution in [0, 0.1) is 6.92 Å². The third kappa shape index (κ3) is 4.17. The van der Waals surface area contributed by atoms with Crippen LogP contribution in [0.25, 0.3) is 21.6 Å². The minimum atomic E-state index is -0.234. The molecule has 0 radical (unpaired) electrons. The van der Waals surface area contributed by atoms with Gasteiger partial charge in [0, 0.05) is 23.8 Å². The number of nitrogens with one attached hydrogen (secondary N) is 1. The van der Waals surface area contributed by atoms with Crippen molar-refractivity contribution < 1.29 is 4.79 Å². The predicted molar refractivity (Wildman–Crippen MR) is 119 cm³/mol. The number of carbonyl (C=O) groups is 1. The van der Waals surface area contributed by atoms with Gasteiger partial charge in [-0.25, -0.2) is 9.97 Å². The van der Waals surface area contributed by atoms with E-state index in [0.29, 0.717) is 17.4 Å². The molecule has 0 spiro atoms. The van der Waals surface area contributed by atoms with Crippen molar-refractivity contribution in [2.24, 2.45) is 0 Å². The normalized spacial score (nSPS) is 15.4. The Kier molecular flexibility index (Phi) is 5.16. The molecule has 1 saturated heterocycles. The number of aryl methyl sites for hydroxylation is 1. The molecule has 0 aliphatic carbocycles. The number of nitrogens with zero attached hydrogens (tertiary/aromatic N) is 7. The molecule has 1 fully saturated rings. The molecule has 1 N–H and O–H groups in total. The molecule has 0 bridgehead atoms. The number of pyridine rings is 2. The molecule has 5 heterocycles. The van der Waals surface area contributed by atoms with Gasteiger partial charge in [-0.3, -0.25) is 9.48 Å². The van der Waals surface area contributed by atoms with Gasteiger partial charge in [-0.15, -0.1) is 10.2 Å². The third-order valence-electron chi connectivity index (χ3n) is 5.49. The molecule has 10 heteroatoms. The van der Waals surface area contributed by atoms with Crippen LogP contribution in [0.5, 0.6) is 0 Å². The number of aromatic nitrogens is 6. The molecule has 0 aromatic carbocycles. The molecular formula is C21H22N8OS. The van der Waals surface area contributed by atoms with E-state index >= 15 is 0 Å². The minimum absolute atomic E-state index is 0.234. The van der Waals surface area contributed by atoms with Crippen molar-refractivity contribution >= 4 is 34.0 Å². The summed E-state index contributed by atoms with van der Waals surface area (Å²) in [6, 6.07) is 5.95. The van der Waals surface area contributed by atoms with Crippen molar-refractivity contribution in [1.82, 2.24) is 34.8 Å². The summed E-state index contributed by atoms with van der Waals surface area (Å²) < 4.78 is 1.91. The number of fused-ring (bicyclic) bond motifs is 1. The van der Waals surface area contributed by atoms with E-state index in [4.69, 9.17) is 0 Å². The summed E-state index contributed by atoms with van der Waals surface area (Å²) in [5.74, 6) is 0.213. The molecule has 158 valence electrons. The quantitative estimate of drug-likeness (QED) is 0.526. The van der Waals surface area contributed by atoms with Crippen LogP contribution >= 0.6 is 11.3 Å². The van der Waals surface area contributed by atoms with Crippen molar-refractivity contribution in [2.45, 2.75) is 25.8 Å². The highest BCUT2D eigenvalue weighted by Crippen LogP contribution is 2.25. The van der Waals surface area contributed by atoms with Gasteiger partial charge in [0.25, 0.3) is 5.91 Å². The minimum Gasteiger partial charge on any atom is -0.306 e. The second-order valence-corrected chi connectivity index (χ2v) is 8.96. The third-order valence-corrected chi connectivity index (χ3v) is 6.35. The van der Waals surface area contributed by atoms with Gasteiger partial charge in [-0.1, -0.05) is 11.3 Å². The SMILES string of the molecule is Cc1nnc(-c2ccc3cnc(NC(=O)c4cnn(C5CCN(C)CC5)c4)cc3n2)s1. The Labute approximate surface area is 183 Å². The zero-order valence-corrected chi connectivity index (χ0v) is 18.1. The van der Waals surface area contributed by atoms with E-state index in [1.807, 2.05) is 29.9 Å². The Bertz CT molecular complexity index is 1240. The maximum atomic E-state index is 12.7. The van der Waals surface area contributed by atoms with Crippen LogP contribution in [0.1, 0.15) is 34.2 Å². The molecule has 1 aliphatic heterocycles. The number of piperidine rings is 1. The molecule has 0 atom stereocenters. The number of hydrogen-bond acceptors (Lipinski definition) is 8. The number of hydrogen-bond donors (Lipinski definition) is 1. The first-order valence-corrected chi connectivity index (χ1v) is 11.0. The number of amides is 1. The van der Waals surface area contributed by atoms with Crippen molar-refractivity contribution in [1.29, 1.82) is 0 Å². The maximum Gasteiger partial charge on any atom is 0.260 e. The van der Waals surface area contributed by atoms with Gasteiger partial charge >= 0.3 is 0 Å². The fourth-order valence-corrected chi connectivity index (χ4v) is 4.37. The second kappa shape index (κ2) is 8.12. The fraction of sp³-hybridized carbons (Fsp3) is 0.333. The molecule has 0 unspecified atom stereocenters. The molecule has 9 nitrogen and oxygen atoms in total. The predicted octanol–water partition coefficient (Wildman–Crippen LogP) is 3.17. The first kappa shape index (κ1) is 19.7. The monoisotopic (exact) mass is 434 g/mol. The van der Waals surface area contributed by atoms with E-state index in [0.717, 1.165) is 52.5 Å². The van der Waals surface area contributed by atoms with Crippen LogP contribution in [-0.2, 0) is 0 Å². The summed E-state index contributed by atoms with van der Waals surface area (Å²) in [5, 5.41) is 18.0. The average molecular weight is 435 g/mol. The molecule has 4 aromatic rings. The topological polar surface area (TPSA) is 102 Å². The van der Waals surface area contributed by atoms with Crippen LogP contribution in [-0.4, -0.2) is 60.9 Å². The lowest BCUT2D eigenvalue weighted by Gasteiger charge is -2.28. The smallest absolute Gasteiger partial charge is 0.260 e. The first-order valence-electron chi connectivity index (χ1n) is 10.2. The lowest BCUT2D eigenvalue weighted by molar-refractivity contribution is 0.102. The molecule has 0 saturated carbocycles. The number of carbonyl (C=O) groups excluding carboxylic acids is 1. The standard InChI is InChI=1S/C21H22N8OS/c1-13-26-27-21(31-13)17-4-3-14-10-22-19(9-18(14)24-17)25-20(30)15-11-23-29(12-15)16-5-7-28(2)8-6-16/h3-4,9-12,16H,5-8H2,1-2H3,(H,22,25,30). The molecule has 1 aliphatic rings. The Morgan fingerprint density at radius 2 is 2.03 bits per heavy atom. The second-order valence-electron chi connectivity index (χ2n) is 7.78. The summed E-state index contributed by atoms with van der Waals surface area (Å²) in [6.45, 7) is 3.99. The largest absolute Gasteiger partial charge is 0.306 e. The van der Waals surface area contributed by atoms with Gasteiger partial charge in [-0.2, -0.15) is 5.10 Å². The van der Waals surface area contributed by atoms with Crippen LogP contribution in [0.4, 0.5) is 5.82 Å². The van der Waals surface area contributed by atoms with Gasteiger partial charge in [0.2, 0.25) is 0 Å². The molecule has 4 aromatic heterocycles. The van der Waals surface area contributed by atoms with E-state index in [2.05, 4.69) is 42.5 Å². The zero-order valence-electron chi connectivity index (χ0n) is 17.3. The number of anilines is 1. The van der Waals surface area contributed by atoms with Crippen LogP contribution in [0.2, 0.25) is 0 Å². The van der Waals surface area contributed by atoms with Gasteiger partial charge in [0.15, 0.2) is 5.01 Å². The van der Waals surface area contributed by atoms with Crippen molar-refractivity contribution in [3.05, 3.63) is 47.4 Å². The summed E-state index contributed by atoms with van der Waals surface area (Å²) in [7, 11) is 2.13. The summed E-state index contributed by atoms with van der Waals surface area (Å²) in [4.78, 5) is 24.1. The highest BCUT2D eigenvalue weighted by atomic mass is 32.1. The van der Waals surface area contributed by atoms with Crippen molar-refractivity contribution in [2.75, 3.05) is 25.5 Å². The Morgan fingerprint density at radius 1 is 1.19 bits per heavy atom. The van der Waals surface area contributed by atoms with Crippen LogP contribution < -0.4 is 5.32 Å². The molecule has 31 heavy (non-hydrogen) atoms. The first-order chi connectivity index (χ1) is 15.0. The van der Waals surface area contributed by atoms with Crippen LogP contribution in [0.3, 0.4) is 0 Å². The number of likely N-dealkylation sites (tertiary alicyclic amines) is 1. The van der Waals surface area contributed by atoms with E-state index in [1.165, 1.54) is 11.3 Å². The van der Waals surface area contributed by atoms with Crippen LogP contribution in [0.15, 0.2) is 36.8 Å². The molecule has 1 amide bonds. The van der Waals surface area contributed by atoms with E-state index in [-0.39, 0.29) is 5.91 Å². The maximum absolute atomic E-state index is 12.7. The highest BCUT2D eigenvalue weighted by Gasteiger charge is 2.20. The highest BCUT2D eigenvalue weighted by molar-refractivity contribution is 7.14. The van der Waals surface area contributed by atoms with Crippen molar-refractivity contribution in [3.8, 4) is 10.7 Å². The Hall–Kier alpha value is -3.24. The number of rotatable bonds is 4. The lowest BCUT2D eigenvalue weighted by atomic mass is 10.1. The Morgan fingerprint density at radius 3 is 2.81 bits per heavy atom. The van der Waals surface area contributed by atoms with Crippen molar-refractivity contribution in [3.63, 3.8) is 0 Å². The van der Waals surface area contributed by atoms with E-state index < -0.39 is 0 Å². The van der Waals surface area contributed by atoms with Gasteiger partial charge in [-0.05, 0) is 52.0 Å². The summed E-state index contributed by atoms with van der Waals surface area (Å²) in [6.07, 6.45) is 7.21. The average Bonchev–Trinajstić information content (AvgIpc) is 3.43. The summed E-state index contributed by atoms with van der Waals surface area (Å²) in [5.41, 5.74) is 2.01. The molecular weight excluding hydrogens is 412 g/mol.